The molecule has 0 saturated carbocycles. The maximum absolute atomic E-state index is 4.99. The van der Waals surface area contributed by atoms with E-state index >= 15 is 0 Å². The van der Waals surface area contributed by atoms with E-state index in [2.05, 4.69) is 9.97 Å². The van der Waals surface area contributed by atoms with Crippen molar-refractivity contribution < 1.29 is 9.40 Å². The lowest BCUT2D eigenvalue weighted by molar-refractivity contribution is -0.376. The molecule has 1 N–H and O–H groups in total. The summed E-state index contributed by atoms with van der Waals surface area (Å²) >= 11 is 0. The second kappa shape index (κ2) is 1.55. The Hall–Kier alpha value is -1.38. The van der Waals surface area contributed by atoms with Crippen LogP contribution in [0.15, 0.2) is 29.3 Å². The van der Waals surface area contributed by atoms with Crippen LogP contribution in [0, 0.1) is 0 Å². The van der Waals surface area contributed by atoms with Crippen molar-refractivity contribution in [1.29, 1.82) is 0 Å². The summed E-state index contributed by atoms with van der Waals surface area (Å²) in [5.74, 6) is 0. The van der Waals surface area contributed by atoms with Crippen LogP contribution in [-0.2, 0) is 0 Å². The van der Waals surface area contributed by atoms with Gasteiger partial charge in [-0.1, -0.05) is 0 Å². The molecule has 9 heavy (non-hydrogen) atoms. The Morgan fingerprint density at radius 1 is 1.56 bits per heavy atom. The molecule has 0 unspecified atom stereocenters. The van der Waals surface area contributed by atoms with Crippen LogP contribution in [0.4, 0.5) is 0 Å². The van der Waals surface area contributed by atoms with Crippen LogP contribution in [0.3, 0.4) is 0 Å². The number of pyridine rings is 1. The number of nitrogens with one attached hydrogen (secondary N) is 1. The second-order valence-electron chi connectivity index (χ2n) is 1.75. The van der Waals surface area contributed by atoms with Gasteiger partial charge in [0.25, 0.3) is 0 Å². The minimum Gasteiger partial charge on any atom is -0.443 e. The zero-order valence-electron chi connectivity index (χ0n) is 4.66. The molecule has 3 heteroatoms. The van der Waals surface area contributed by atoms with E-state index in [1.54, 1.807) is 12.4 Å². The number of aromatic amines is 1. The number of aromatic nitrogens is 2. The third-order valence-corrected chi connectivity index (χ3v) is 1.17. The Labute approximate surface area is 51.3 Å². The number of nitrogens with zero attached hydrogens (tertiary/aromatic N) is 1. The molecule has 3 nitrogen and oxygen atoms in total. The molecule has 2 aromatic rings. The minimum absolute atomic E-state index is 0.814. The highest BCUT2D eigenvalue weighted by atomic mass is 16.3. The van der Waals surface area contributed by atoms with Gasteiger partial charge in [-0.25, -0.2) is 9.97 Å². The summed E-state index contributed by atoms with van der Waals surface area (Å²) in [5, 5.41) is 0. The number of oxazole rings is 1. The van der Waals surface area contributed by atoms with E-state index in [0.29, 0.717) is 0 Å². The Morgan fingerprint density at radius 3 is 3.44 bits per heavy atom. The van der Waals surface area contributed by atoms with Crippen LogP contribution in [0.1, 0.15) is 0 Å². The van der Waals surface area contributed by atoms with Crippen molar-refractivity contribution in [1.82, 2.24) is 4.98 Å². The van der Waals surface area contributed by atoms with Crippen LogP contribution in [0.5, 0.6) is 0 Å². The van der Waals surface area contributed by atoms with Crippen LogP contribution in [0.2, 0.25) is 0 Å². The largest absolute Gasteiger partial charge is 0.443 e. The van der Waals surface area contributed by atoms with Gasteiger partial charge in [0.15, 0.2) is 29.9 Å². The number of rotatable bonds is 0. The van der Waals surface area contributed by atoms with Gasteiger partial charge in [-0.05, 0) is 0 Å². The number of fused-ring (bicyclic) bond motifs is 1. The van der Waals surface area contributed by atoms with Crippen molar-refractivity contribution in [2.45, 2.75) is 0 Å². The van der Waals surface area contributed by atoms with Gasteiger partial charge in [-0.2, -0.15) is 0 Å². The van der Waals surface area contributed by atoms with E-state index in [1.165, 1.54) is 6.39 Å². The molecular weight excluding hydrogens is 116 g/mol. The van der Waals surface area contributed by atoms with Crippen LogP contribution in [0.25, 0.3) is 11.1 Å². The molecule has 0 saturated heterocycles. The van der Waals surface area contributed by atoms with E-state index in [9.17, 15) is 0 Å². The van der Waals surface area contributed by atoms with E-state index in [4.69, 9.17) is 4.42 Å². The summed E-state index contributed by atoms with van der Waals surface area (Å²) in [6.07, 6.45) is 5.02. The molecule has 0 aromatic carbocycles. The van der Waals surface area contributed by atoms with Crippen molar-refractivity contribution >= 4 is 11.1 Å². The Balaban J connectivity index is 2.95. The molecule has 2 rings (SSSR count). The fraction of sp³-hybridized carbons (Fsp3) is 0. The van der Waals surface area contributed by atoms with Crippen molar-refractivity contribution in [3.63, 3.8) is 0 Å². The zero-order valence-corrected chi connectivity index (χ0v) is 4.66. The predicted molar refractivity (Wildman–Crippen MR) is 30.6 cm³/mol. The lowest BCUT2D eigenvalue weighted by Gasteiger charge is -1.74. The molecule has 0 radical (unpaired) electrons. The van der Waals surface area contributed by atoms with Gasteiger partial charge >= 0.3 is 0 Å². The number of H-pyrrole nitrogens is 1. The second-order valence-corrected chi connectivity index (χ2v) is 1.75. The Bertz CT molecular complexity index is 285. The van der Waals surface area contributed by atoms with Gasteiger partial charge in [-0.15, -0.1) is 0 Å². The van der Waals surface area contributed by atoms with Gasteiger partial charge in [0.05, 0.1) is 0 Å². The maximum atomic E-state index is 4.99. The fourth-order valence-corrected chi connectivity index (χ4v) is 0.748. The molecule has 0 fully saturated rings. The SMILES string of the molecule is c1cc2ocnc2c[nH+]1. The molecule has 0 aliphatic carbocycles. The van der Waals surface area contributed by atoms with Gasteiger partial charge in [0, 0.05) is 6.07 Å². The summed E-state index contributed by atoms with van der Waals surface area (Å²) < 4.78 is 4.99. The third-order valence-electron chi connectivity index (χ3n) is 1.17. The summed E-state index contributed by atoms with van der Waals surface area (Å²) in [4.78, 5) is 6.82. The summed E-state index contributed by atoms with van der Waals surface area (Å²) in [6.45, 7) is 0. The highest BCUT2D eigenvalue weighted by Gasteiger charge is 1.96. The number of hydrogen-bond acceptors (Lipinski definition) is 2. The average molecular weight is 121 g/mol. The van der Waals surface area contributed by atoms with Crippen molar-refractivity contribution in [3.05, 3.63) is 24.9 Å². The minimum atomic E-state index is 0.814. The van der Waals surface area contributed by atoms with Crippen LogP contribution < -0.4 is 4.98 Å². The van der Waals surface area contributed by atoms with Crippen molar-refractivity contribution in [3.8, 4) is 0 Å². The summed E-state index contributed by atoms with van der Waals surface area (Å²) in [7, 11) is 0. The highest BCUT2D eigenvalue weighted by Crippen LogP contribution is 2.05. The quantitative estimate of drug-likeness (QED) is 0.513. The van der Waals surface area contributed by atoms with Crippen molar-refractivity contribution in [2.75, 3.05) is 0 Å². The molecule has 2 heterocycles. The molecule has 0 atom stereocenters. The van der Waals surface area contributed by atoms with E-state index in [1.807, 2.05) is 6.07 Å². The van der Waals surface area contributed by atoms with Gasteiger partial charge in [-0.3, -0.25) is 0 Å². The smallest absolute Gasteiger partial charge is 0.196 e. The lowest BCUT2D eigenvalue weighted by Crippen LogP contribution is -1.96. The lowest BCUT2D eigenvalue weighted by atomic mass is 10.4. The highest BCUT2D eigenvalue weighted by molar-refractivity contribution is 5.68. The van der Waals surface area contributed by atoms with E-state index in [-0.39, 0.29) is 0 Å². The van der Waals surface area contributed by atoms with E-state index < -0.39 is 0 Å². The van der Waals surface area contributed by atoms with E-state index in [0.717, 1.165) is 11.1 Å². The molecule has 0 amide bonds. The molecule has 2 aromatic heterocycles. The van der Waals surface area contributed by atoms with Crippen molar-refractivity contribution in [2.24, 2.45) is 0 Å². The summed E-state index contributed by atoms with van der Waals surface area (Å²) in [5.41, 5.74) is 1.67. The van der Waals surface area contributed by atoms with Crippen LogP contribution >= 0.6 is 0 Å². The molecule has 0 bridgehead atoms. The summed E-state index contributed by atoms with van der Waals surface area (Å²) in [6, 6.07) is 1.84. The average Bonchev–Trinajstić information content (AvgIpc) is 2.33. The number of hydrogen-bond donors (Lipinski definition) is 0. The maximum Gasteiger partial charge on any atom is 0.196 e. The Morgan fingerprint density at radius 2 is 2.56 bits per heavy atom. The molecule has 0 aliphatic rings. The first-order valence-corrected chi connectivity index (χ1v) is 2.66. The first kappa shape index (κ1) is 4.49. The fourth-order valence-electron chi connectivity index (χ4n) is 0.748. The first-order chi connectivity index (χ1) is 4.47. The predicted octanol–water partition coefficient (Wildman–Crippen LogP) is 0.642. The van der Waals surface area contributed by atoms with Gasteiger partial charge in [0.2, 0.25) is 0 Å². The molecule has 0 aliphatic heterocycles. The normalized spacial score (nSPS) is 10.2. The van der Waals surface area contributed by atoms with Crippen LogP contribution in [-0.4, -0.2) is 4.98 Å². The molecule has 0 spiro atoms. The monoisotopic (exact) mass is 121 g/mol. The Kier molecular flexibility index (Phi) is 0.773. The zero-order chi connectivity index (χ0) is 6.10. The van der Waals surface area contributed by atoms with Gasteiger partial charge < -0.3 is 4.42 Å². The third kappa shape index (κ3) is 0.579. The molecule has 44 valence electrons. The molecular formula is C6H5N2O+. The first-order valence-electron chi connectivity index (χ1n) is 2.66. The standard InChI is InChI=1S/C6H4N2O/c1-2-7-3-5-6(1)9-4-8-5/h1-4H/p+1. The van der Waals surface area contributed by atoms with Gasteiger partial charge in [0.1, 0.15) is 0 Å². The topological polar surface area (TPSA) is 40.2 Å².